The fourth-order valence-electron chi connectivity index (χ4n) is 3.10. The molecule has 0 saturated heterocycles. The van der Waals surface area contributed by atoms with Crippen LogP contribution in [0.15, 0.2) is 24.3 Å². The number of ether oxygens (including phenoxy) is 1. The lowest BCUT2D eigenvalue weighted by Gasteiger charge is -2.15. The first kappa shape index (κ1) is 17.8. The van der Waals surface area contributed by atoms with Crippen molar-refractivity contribution in [2.75, 3.05) is 20.2 Å². The SMILES string of the molecule is COc1ccc(CCNC(=O)CCNC2CCCCCC2)cc1. The van der Waals surface area contributed by atoms with E-state index in [1.165, 1.54) is 44.1 Å². The van der Waals surface area contributed by atoms with Gasteiger partial charge in [-0.25, -0.2) is 0 Å². The lowest BCUT2D eigenvalue weighted by Crippen LogP contribution is -2.33. The number of carbonyl (C=O) groups excluding carboxylic acids is 1. The molecule has 128 valence electrons. The number of rotatable bonds is 8. The average Bonchev–Trinajstić information content (AvgIpc) is 2.84. The van der Waals surface area contributed by atoms with E-state index in [1.807, 2.05) is 24.3 Å². The van der Waals surface area contributed by atoms with E-state index in [9.17, 15) is 4.79 Å². The highest BCUT2D eigenvalue weighted by molar-refractivity contribution is 5.76. The molecule has 4 nitrogen and oxygen atoms in total. The van der Waals surface area contributed by atoms with Crippen LogP contribution in [0.2, 0.25) is 0 Å². The topological polar surface area (TPSA) is 50.4 Å². The van der Waals surface area contributed by atoms with Crippen molar-refractivity contribution in [2.24, 2.45) is 0 Å². The van der Waals surface area contributed by atoms with Crippen molar-refractivity contribution < 1.29 is 9.53 Å². The molecule has 0 heterocycles. The number of hydrogen-bond acceptors (Lipinski definition) is 3. The summed E-state index contributed by atoms with van der Waals surface area (Å²) in [7, 11) is 1.67. The molecule has 0 spiro atoms. The van der Waals surface area contributed by atoms with Crippen LogP contribution < -0.4 is 15.4 Å². The van der Waals surface area contributed by atoms with E-state index in [2.05, 4.69) is 10.6 Å². The van der Waals surface area contributed by atoms with Crippen LogP contribution in [-0.4, -0.2) is 32.1 Å². The first-order chi connectivity index (χ1) is 11.3. The molecular weight excluding hydrogens is 288 g/mol. The molecule has 0 radical (unpaired) electrons. The Hall–Kier alpha value is -1.55. The molecule has 4 heteroatoms. The van der Waals surface area contributed by atoms with E-state index in [0.29, 0.717) is 19.0 Å². The minimum Gasteiger partial charge on any atom is -0.497 e. The van der Waals surface area contributed by atoms with Crippen molar-refractivity contribution in [1.82, 2.24) is 10.6 Å². The maximum absolute atomic E-state index is 11.9. The Balaban J connectivity index is 1.55. The molecule has 1 amide bonds. The minimum absolute atomic E-state index is 0.139. The standard InChI is InChI=1S/C19H30N2O2/c1-23-18-10-8-16(9-11-18)12-14-21-19(22)13-15-20-17-6-4-2-3-5-7-17/h8-11,17,20H,2-7,12-15H2,1H3,(H,21,22). The van der Waals surface area contributed by atoms with Crippen LogP contribution in [0.4, 0.5) is 0 Å². The van der Waals surface area contributed by atoms with Crippen molar-refractivity contribution in [2.45, 2.75) is 57.4 Å². The largest absolute Gasteiger partial charge is 0.497 e. The highest BCUT2D eigenvalue weighted by Crippen LogP contribution is 2.17. The van der Waals surface area contributed by atoms with Gasteiger partial charge in [-0.15, -0.1) is 0 Å². The molecule has 23 heavy (non-hydrogen) atoms. The monoisotopic (exact) mass is 318 g/mol. The molecule has 0 unspecified atom stereocenters. The van der Waals surface area contributed by atoms with Gasteiger partial charge in [-0.2, -0.15) is 0 Å². The zero-order chi connectivity index (χ0) is 16.3. The Morgan fingerprint density at radius 3 is 2.43 bits per heavy atom. The summed E-state index contributed by atoms with van der Waals surface area (Å²) in [6.45, 7) is 1.48. The quantitative estimate of drug-likeness (QED) is 0.724. The second-order valence-corrected chi connectivity index (χ2v) is 6.34. The molecule has 0 bridgehead atoms. The van der Waals surface area contributed by atoms with Gasteiger partial charge in [-0.3, -0.25) is 4.79 Å². The summed E-state index contributed by atoms with van der Waals surface area (Å²) in [4.78, 5) is 11.9. The van der Waals surface area contributed by atoms with Gasteiger partial charge in [0.05, 0.1) is 7.11 Å². The van der Waals surface area contributed by atoms with Gasteiger partial charge in [0, 0.05) is 25.6 Å². The number of carbonyl (C=O) groups is 1. The molecule has 0 aromatic heterocycles. The molecule has 1 aliphatic carbocycles. The predicted octanol–water partition coefficient (Wildman–Crippen LogP) is 3.06. The third kappa shape index (κ3) is 7.04. The number of nitrogens with one attached hydrogen (secondary N) is 2. The van der Waals surface area contributed by atoms with Gasteiger partial charge in [0.2, 0.25) is 5.91 Å². The third-order valence-corrected chi connectivity index (χ3v) is 4.54. The Labute approximate surface area is 140 Å². The van der Waals surface area contributed by atoms with Gasteiger partial charge < -0.3 is 15.4 Å². The molecule has 2 N–H and O–H groups in total. The van der Waals surface area contributed by atoms with E-state index in [0.717, 1.165) is 18.7 Å². The van der Waals surface area contributed by atoms with Crippen LogP contribution in [0.25, 0.3) is 0 Å². The molecule has 1 aliphatic rings. The van der Waals surface area contributed by atoms with Crippen molar-refractivity contribution >= 4 is 5.91 Å². The van der Waals surface area contributed by atoms with Crippen LogP contribution in [0, 0.1) is 0 Å². The lowest BCUT2D eigenvalue weighted by molar-refractivity contribution is -0.120. The number of amides is 1. The molecule has 0 atom stereocenters. The lowest BCUT2D eigenvalue weighted by atomic mass is 10.1. The number of benzene rings is 1. The second-order valence-electron chi connectivity index (χ2n) is 6.34. The molecular formula is C19H30N2O2. The molecule has 0 aliphatic heterocycles. The van der Waals surface area contributed by atoms with E-state index >= 15 is 0 Å². The first-order valence-corrected chi connectivity index (χ1v) is 8.91. The molecule has 1 aromatic rings. The second kappa shape index (κ2) is 10.3. The van der Waals surface area contributed by atoms with E-state index in [1.54, 1.807) is 7.11 Å². The summed E-state index contributed by atoms with van der Waals surface area (Å²) in [6.07, 6.45) is 9.33. The minimum atomic E-state index is 0.139. The van der Waals surface area contributed by atoms with Gasteiger partial charge >= 0.3 is 0 Å². The predicted molar refractivity (Wildman–Crippen MR) is 93.8 cm³/mol. The van der Waals surface area contributed by atoms with Crippen molar-refractivity contribution in [3.05, 3.63) is 29.8 Å². The Bertz CT molecular complexity index is 451. The fourth-order valence-corrected chi connectivity index (χ4v) is 3.10. The maximum Gasteiger partial charge on any atom is 0.221 e. The smallest absolute Gasteiger partial charge is 0.221 e. The van der Waals surface area contributed by atoms with E-state index in [-0.39, 0.29) is 5.91 Å². The van der Waals surface area contributed by atoms with E-state index < -0.39 is 0 Å². The zero-order valence-corrected chi connectivity index (χ0v) is 14.3. The summed E-state index contributed by atoms with van der Waals surface area (Å²) in [6, 6.07) is 8.60. The van der Waals surface area contributed by atoms with E-state index in [4.69, 9.17) is 4.74 Å². The zero-order valence-electron chi connectivity index (χ0n) is 14.3. The summed E-state index contributed by atoms with van der Waals surface area (Å²) in [5, 5.41) is 6.54. The number of methoxy groups -OCH3 is 1. The van der Waals surface area contributed by atoms with Crippen LogP contribution in [0.1, 0.15) is 50.5 Å². The average molecular weight is 318 g/mol. The van der Waals surface area contributed by atoms with Crippen LogP contribution in [0.5, 0.6) is 5.75 Å². The highest BCUT2D eigenvalue weighted by Gasteiger charge is 2.11. The van der Waals surface area contributed by atoms with Gasteiger partial charge in [0.1, 0.15) is 5.75 Å². The third-order valence-electron chi connectivity index (χ3n) is 4.54. The molecule has 1 saturated carbocycles. The fraction of sp³-hybridized carbons (Fsp3) is 0.632. The molecule has 1 fully saturated rings. The van der Waals surface area contributed by atoms with Gasteiger partial charge in [-0.1, -0.05) is 37.8 Å². The van der Waals surface area contributed by atoms with Gasteiger partial charge in [0.25, 0.3) is 0 Å². The summed E-state index contributed by atoms with van der Waals surface area (Å²) in [5.41, 5.74) is 1.21. The highest BCUT2D eigenvalue weighted by atomic mass is 16.5. The Morgan fingerprint density at radius 1 is 1.09 bits per heavy atom. The van der Waals surface area contributed by atoms with Crippen LogP contribution in [0.3, 0.4) is 0 Å². The molecule has 2 rings (SSSR count). The first-order valence-electron chi connectivity index (χ1n) is 8.91. The summed E-state index contributed by atoms with van der Waals surface area (Å²) in [5.74, 6) is 1.00. The summed E-state index contributed by atoms with van der Waals surface area (Å²) >= 11 is 0. The van der Waals surface area contributed by atoms with Crippen LogP contribution in [-0.2, 0) is 11.2 Å². The number of hydrogen-bond donors (Lipinski definition) is 2. The van der Waals surface area contributed by atoms with Crippen molar-refractivity contribution in [1.29, 1.82) is 0 Å². The van der Waals surface area contributed by atoms with Gasteiger partial charge in [-0.05, 0) is 37.0 Å². The Kier molecular flexibility index (Phi) is 7.95. The summed E-state index contributed by atoms with van der Waals surface area (Å²) < 4.78 is 5.14. The van der Waals surface area contributed by atoms with Gasteiger partial charge in [0.15, 0.2) is 0 Å². The molecule has 1 aromatic carbocycles. The van der Waals surface area contributed by atoms with Crippen LogP contribution >= 0.6 is 0 Å². The van der Waals surface area contributed by atoms with Crippen molar-refractivity contribution in [3.8, 4) is 5.75 Å². The van der Waals surface area contributed by atoms with Crippen molar-refractivity contribution in [3.63, 3.8) is 0 Å². The maximum atomic E-state index is 11.9. The normalized spacial score (nSPS) is 15.9. The Morgan fingerprint density at radius 2 is 1.78 bits per heavy atom.